The van der Waals surface area contributed by atoms with E-state index in [0.717, 1.165) is 43.4 Å². The minimum absolute atomic E-state index is 0.158. The maximum absolute atomic E-state index is 6.41. The van der Waals surface area contributed by atoms with Gasteiger partial charge in [0.15, 0.2) is 0 Å². The molecule has 7 rings (SSSR count). The number of fused-ring (bicyclic) bond motifs is 8. The summed E-state index contributed by atoms with van der Waals surface area (Å²) >= 11 is 0. The largest absolute Gasteiger partial charge is 0.489 e. The highest BCUT2D eigenvalue weighted by molar-refractivity contribution is 6.04. The van der Waals surface area contributed by atoms with Crippen LogP contribution in [0.25, 0.3) is 34.0 Å². The number of furan rings is 1. The molecule has 30 heavy (non-hydrogen) atoms. The van der Waals surface area contributed by atoms with E-state index < -0.39 is 0 Å². The van der Waals surface area contributed by atoms with Crippen LogP contribution in [0.3, 0.4) is 0 Å². The molecule has 4 aliphatic rings. The van der Waals surface area contributed by atoms with E-state index in [1.807, 2.05) is 0 Å². The first kappa shape index (κ1) is 16.8. The Morgan fingerprint density at radius 1 is 1.00 bits per heavy atom. The highest BCUT2D eigenvalue weighted by Gasteiger charge is 2.36. The van der Waals surface area contributed by atoms with Crippen molar-refractivity contribution < 1.29 is 9.15 Å². The van der Waals surface area contributed by atoms with Crippen LogP contribution in [-0.2, 0) is 17.6 Å². The van der Waals surface area contributed by atoms with Crippen molar-refractivity contribution in [1.82, 2.24) is 4.57 Å². The van der Waals surface area contributed by atoms with Gasteiger partial charge in [-0.15, -0.1) is 0 Å². The molecule has 3 heterocycles. The van der Waals surface area contributed by atoms with Crippen molar-refractivity contribution in [3.8, 4) is 0 Å². The van der Waals surface area contributed by atoms with E-state index in [0.29, 0.717) is 6.04 Å². The van der Waals surface area contributed by atoms with Crippen LogP contribution in [0.15, 0.2) is 51.7 Å². The average Bonchev–Trinajstić information content (AvgIpc) is 3.39. The fourth-order valence-corrected chi connectivity index (χ4v) is 5.88. The van der Waals surface area contributed by atoms with Gasteiger partial charge in [-0.3, -0.25) is 0 Å². The zero-order valence-corrected chi connectivity index (χ0v) is 17.5. The van der Waals surface area contributed by atoms with Crippen molar-refractivity contribution in [2.75, 3.05) is 0 Å². The summed E-state index contributed by atoms with van der Waals surface area (Å²) in [5, 5.41) is 2.55. The van der Waals surface area contributed by atoms with Crippen LogP contribution >= 0.6 is 0 Å². The SMILES string of the molecule is CC(C)n1c2c(c3cc4oc5c(c4cc31)C=CCC5)C=C1C3=C(CCC=C3)O[C@@H]1C2. The Morgan fingerprint density at radius 3 is 2.77 bits per heavy atom. The maximum atomic E-state index is 6.41. The van der Waals surface area contributed by atoms with Crippen molar-refractivity contribution >= 4 is 34.0 Å². The lowest BCUT2D eigenvalue weighted by Crippen LogP contribution is -2.20. The first-order chi connectivity index (χ1) is 14.7. The second-order valence-corrected chi connectivity index (χ2v) is 9.26. The Morgan fingerprint density at radius 2 is 1.87 bits per heavy atom. The van der Waals surface area contributed by atoms with E-state index >= 15 is 0 Å². The van der Waals surface area contributed by atoms with Crippen molar-refractivity contribution in [2.24, 2.45) is 0 Å². The summed E-state index contributed by atoms with van der Waals surface area (Å²) in [6.07, 6.45) is 16.7. The first-order valence-electron chi connectivity index (χ1n) is 11.3. The lowest BCUT2D eigenvalue weighted by Gasteiger charge is -2.23. The molecule has 0 bridgehead atoms. The summed E-state index contributed by atoms with van der Waals surface area (Å²) in [7, 11) is 0. The van der Waals surface area contributed by atoms with E-state index in [4.69, 9.17) is 9.15 Å². The molecule has 0 radical (unpaired) electrons. The topological polar surface area (TPSA) is 27.3 Å². The summed E-state index contributed by atoms with van der Waals surface area (Å²) in [5.41, 5.74) is 9.04. The molecule has 3 heteroatoms. The molecular weight excluding hydrogens is 370 g/mol. The fourth-order valence-electron chi connectivity index (χ4n) is 5.88. The Kier molecular flexibility index (Phi) is 3.26. The van der Waals surface area contributed by atoms with Crippen LogP contribution in [0.5, 0.6) is 0 Å². The number of aromatic nitrogens is 1. The lowest BCUT2D eigenvalue weighted by molar-refractivity contribution is 0.156. The summed E-state index contributed by atoms with van der Waals surface area (Å²) in [6.45, 7) is 4.57. The van der Waals surface area contributed by atoms with Gasteiger partial charge in [-0.2, -0.15) is 0 Å². The average molecular weight is 396 g/mol. The van der Waals surface area contributed by atoms with Gasteiger partial charge in [0.2, 0.25) is 0 Å². The van der Waals surface area contributed by atoms with Gasteiger partial charge >= 0.3 is 0 Å². The molecule has 0 amide bonds. The minimum atomic E-state index is 0.158. The van der Waals surface area contributed by atoms with Gasteiger partial charge in [0, 0.05) is 69.6 Å². The molecule has 0 saturated carbocycles. The van der Waals surface area contributed by atoms with Gasteiger partial charge in [0.25, 0.3) is 0 Å². The number of aryl methyl sites for hydroxylation is 1. The number of hydrogen-bond donors (Lipinski definition) is 0. The molecule has 150 valence electrons. The number of hydrogen-bond acceptors (Lipinski definition) is 2. The predicted octanol–water partition coefficient (Wildman–Crippen LogP) is 6.87. The molecule has 1 aromatic carbocycles. The second-order valence-electron chi connectivity index (χ2n) is 9.26. The monoisotopic (exact) mass is 395 g/mol. The van der Waals surface area contributed by atoms with Crippen LogP contribution in [0.2, 0.25) is 0 Å². The molecule has 0 unspecified atom stereocenters. The Labute approximate surface area is 176 Å². The Bertz CT molecular complexity index is 1370. The second kappa shape index (κ2) is 5.81. The van der Waals surface area contributed by atoms with E-state index in [9.17, 15) is 0 Å². The molecular formula is C27H25NO2. The summed E-state index contributed by atoms with van der Waals surface area (Å²) in [4.78, 5) is 0. The van der Waals surface area contributed by atoms with Crippen LogP contribution in [0, 0.1) is 0 Å². The summed E-state index contributed by atoms with van der Waals surface area (Å²) < 4.78 is 15.2. The smallest absolute Gasteiger partial charge is 0.135 e. The van der Waals surface area contributed by atoms with Gasteiger partial charge in [-0.05, 0) is 44.9 Å². The molecule has 2 aromatic heterocycles. The molecule has 3 nitrogen and oxygen atoms in total. The zero-order valence-electron chi connectivity index (χ0n) is 17.5. The van der Waals surface area contributed by atoms with Gasteiger partial charge < -0.3 is 13.7 Å². The number of allylic oxidation sites excluding steroid dienone is 4. The van der Waals surface area contributed by atoms with E-state index in [2.05, 4.69) is 60.9 Å². The number of nitrogens with zero attached hydrogens (tertiary/aromatic N) is 1. The van der Waals surface area contributed by atoms with E-state index in [1.54, 1.807) is 0 Å². The molecule has 1 atom stereocenters. The number of benzene rings is 1. The fraction of sp³-hybridized carbons (Fsp3) is 0.333. The van der Waals surface area contributed by atoms with E-state index in [1.165, 1.54) is 50.0 Å². The minimum Gasteiger partial charge on any atom is -0.489 e. The third-order valence-electron chi connectivity index (χ3n) is 7.16. The molecule has 0 fully saturated rings. The molecule has 3 aromatic rings. The molecule has 1 aliphatic heterocycles. The first-order valence-corrected chi connectivity index (χ1v) is 11.3. The van der Waals surface area contributed by atoms with Crippen LogP contribution in [0.1, 0.15) is 61.7 Å². The molecule has 0 N–H and O–H groups in total. The van der Waals surface area contributed by atoms with Gasteiger partial charge in [-0.1, -0.05) is 24.3 Å². The van der Waals surface area contributed by atoms with Gasteiger partial charge in [-0.25, -0.2) is 0 Å². The molecule has 0 saturated heterocycles. The summed E-state index contributed by atoms with van der Waals surface area (Å²) in [5.74, 6) is 2.32. The third kappa shape index (κ3) is 2.10. The lowest BCUT2D eigenvalue weighted by atomic mass is 9.88. The number of rotatable bonds is 1. The predicted molar refractivity (Wildman–Crippen MR) is 121 cm³/mol. The zero-order chi connectivity index (χ0) is 20.0. The standard InChI is InChI=1S/C27H25NO2/c1-15(2)28-22-12-21-17-8-4-6-10-25(17)29-26(21)13-19(22)18-11-20-16-7-3-5-9-24(16)30-27(20)14-23(18)28/h3-4,7-8,11-13,15,27H,5-6,9-10,14H2,1-2H3/t27-/m1/s1. The van der Waals surface area contributed by atoms with Crippen molar-refractivity contribution in [1.29, 1.82) is 0 Å². The van der Waals surface area contributed by atoms with Crippen molar-refractivity contribution in [3.05, 3.63) is 69.8 Å². The highest BCUT2D eigenvalue weighted by atomic mass is 16.5. The Hall–Kier alpha value is -2.94. The maximum Gasteiger partial charge on any atom is 0.135 e. The van der Waals surface area contributed by atoms with E-state index in [-0.39, 0.29) is 6.10 Å². The normalized spacial score (nSPS) is 21.7. The van der Waals surface area contributed by atoms with Gasteiger partial charge in [0.1, 0.15) is 23.2 Å². The third-order valence-corrected chi connectivity index (χ3v) is 7.16. The Balaban J connectivity index is 1.52. The van der Waals surface area contributed by atoms with Crippen molar-refractivity contribution in [2.45, 2.75) is 58.1 Å². The van der Waals surface area contributed by atoms with Crippen LogP contribution < -0.4 is 0 Å². The molecule has 0 spiro atoms. The highest BCUT2D eigenvalue weighted by Crippen LogP contribution is 2.46. The van der Waals surface area contributed by atoms with Crippen LogP contribution in [-0.4, -0.2) is 10.7 Å². The van der Waals surface area contributed by atoms with Crippen molar-refractivity contribution in [3.63, 3.8) is 0 Å². The number of ether oxygens (including phenoxy) is 1. The molecule has 3 aliphatic carbocycles. The summed E-state index contributed by atoms with van der Waals surface area (Å²) in [6, 6.07) is 5.04. The quantitative estimate of drug-likeness (QED) is 0.449. The van der Waals surface area contributed by atoms with Gasteiger partial charge in [0.05, 0.1) is 0 Å². The van der Waals surface area contributed by atoms with Crippen LogP contribution in [0.4, 0.5) is 0 Å².